The maximum Gasteiger partial charge on any atom is 0.270 e. The number of non-ortho nitro benzene ring substituents is 1. The number of nitro benzene ring substituents is 1. The number of nitro groups is 1. The van der Waals surface area contributed by atoms with Crippen molar-refractivity contribution >= 4 is 17.4 Å². The molecular weight excluding hydrogens is 368 g/mol. The molecule has 0 atom stereocenters. The third-order valence-corrected chi connectivity index (χ3v) is 4.17. The molecule has 0 saturated carbocycles. The van der Waals surface area contributed by atoms with Crippen molar-refractivity contribution in [2.24, 2.45) is 0 Å². The number of H-pyrrole nitrogens is 1. The van der Waals surface area contributed by atoms with E-state index < -0.39 is 10.5 Å². The van der Waals surface area contributed by atoms with Crippen LogP contribution in [-0.2, 0) is 0 Å². The van der Waals surface area contributed by atoms with Crippen molar-refractivity contribution < 1.29 is 9.66 Å². The van der Waals surface area contributed by atoms with Crippen molar-refractivity contribution in [2.45, 2.75) is 5.16 Å². The summed E-state index contributed by atoms with van der Waals surface area (Å²) < 4.78 is 5.71. The smallest absolute Gasteiger partial charge is 0.270 e. The first-order valence-electron chi connectivity index (χ1n) is 7.63. The average Bonchev–Trinajstić information content (AvgIpc) is 2.68. The summed E-state index contributed by atoms with van der Waals surface area (Å²) in [6, 6.07) is 14.3. The van der Waals surface area contributed by atoms with Crippen LogP contribution in [0.15, 0.2) is 58.5 Å². The first-order valence-corrected chi connectivity index (χ1v) is 8.85. The number of ether oxygens (including phenoxy) is 1. The first kappa shape index (κ1) is 18.2. The molecule has 0 aliphatic rings. The van der Waals surface area contributed by atoms with Gasteiger partial charge in [0.05, 0.1) is 10.6 Å². The molecule has 0 radical (unpaired) electrons. The number of nitrogens with zero attached hydrogens (tertiary/aromatic N) is 3. The van der Waals surface area contributed by atoms with Gasteiger partial charge in [0, 0.05) is 17.7 Å². The Kier molecular flexibility index (Phi) is 5.19. The Bertz CT molecular complexity index is 1100. The number of aromatic amines is 1. The van der Waals surface area contributed by atoms with Crippen LogP contribution < -0.4 is 10.3 Å². The van der Waals surface area contributed by atoms with E-state index in [0.717, 1.165) is 0 Å². The minimum Gasteiger partial charge on any atom is -0.457 e. The predicted octanol–water partition coefficient (Wildman–Crippen LogP) is 3.73. The van der Waals surface area contributed by atoms with Gasteiger partial charge in [0.25, 0.3) is 11.2 Å². The number of thioether (sulfide) groups is 1. The fraction of sp³-hybridized carbons (Fsp3) is 0.0556. The molecule has 1 N–H and O–H groups in total. The molecule has 3 aromatic rings. The molecule has 134 valence electrons. The molecule has 0 fully saturated rings. The number of benzene rings is 2. The molecule has 2 aromatic carbocycles. The number of nitrogens with one attached hydrogen (secondary N) is 1. The van der Waals surface area contributed by atoms with Gasteiger partial charge in [-0.05, 0) is 30.5 Å². The fourth-order valence-electron chi connectivity index (χ4n) is 2.34. The molecule has 3 rings (SSSR count). The Morgan fingerprint density at radius 1 is 1.22 bits per heavy atom. The van der Waals surface area contributed by atoms with Gasteiger partial charge in [-0.15, -0.1) is 0 Å². The average molecular weight is 380 g/mol. The van der Waals surface area contributed by atoms with E-state index in [-0.39, 0.29) is 16.9 Å². The van der Waals surface area contributed by atoms with Crippen LogP contribution in [0.2, 0.25) is 0 Å². The summed E-state index contributed by atoms with van der Waals surface area (Å²) in [6.45, 7) is 0. The van der Waals surface area contributed by atoms with Gasteiger partial charge in [0.15, 0.2) is 5.16 Å². The van der Waals surface area contributed by atoms with E-state index in [1.54, 1.807) is 30.5 Å². The molecule has 0 unspecified atom stereocenters. The van der Waals surface area contributed by atoms with Crippen molar-refractivity contribution in [3.8, 4) is 28.8 Å². The van der Waals surface area contributed by atoms with Crippen molar-refractivity contribution in [1.82, 2.24) is 9.97 Å². The van der Waals surface area contributed by atoms with Crippen molar-refractivity contribution in [3.05, 3.63) is 74.6 Å². The predicted molar refractivity (Wildman–Crippen MR) is 100.0 cm³/mol. The lowest BCUT2D eigenvalue weighted by atomic mass is 10.1. The number of hydrogen-bond donors (Lipinski definition) is 1. The minimum atomic E-state index is -0.506. The lowest BCUT2D eigenvalue weighted by Crippen LogP contribution is -2.14. The summed E-state index contributed by atoms with van der Waals surface area (Å²) in [4.78, 5) is 29.2. The Labute approximate surface area is 157 Å². The van der Waals surface area contributed by atoms with Crippen LogP contribution in [-0.4, -0.2) is 21.1 Å². The molecule has 0 amide bonds. The maximum absolute atomic E-state index is 12.1. The molecule has 0 saturated heterocycles. The van der Waals surface area contributed by atoms with Crippen LogP contribution in [0.3, 0.4) is 0 Å². The van der Waals surface area contributed by atoms with Crippen LogP contribution in [0.5, 0.6) is 11.5 Å². The largest absolute Gasteiger partial charge is 0.457 e. The van der Waals surface area contributed by atoms with Gasteiger partial charge in [-0.2, -0.15) is 5.26 Å². The molecule has 1 heterocycles. The molecular formula is C18H12N4O4S. The number of hydrogen-bond acceptors (Lipinski definition) is 7. The number of rotatable bonds is 5. The summed E-state index contributed by atoms with van der Waals surface area (Å²) in [6.07, 6.45) is 1.77. The molecule has 8 nitrogen and oxygen atoms in total. The molecule has 27 heavy (non-hydrogen) atoms. The van der Waals surface area contributed by atoms with Gasteiger partial charge in [0.1, 0.15) is 23.1 Å². The maximum atomic E-state index is 12.1. The van der Waals surface area contributed by atoms with Crippen LogP contribution >= 0.6 is 11.8 Å². The third kappa shape index (κ3) is 3.96. The Balaban J connectivity index is 1.97. The van der Waals surface area contributed by atoms with Crippen LogP contribution in [0.1, 0.15) is 5.56 Å². The van der Waals surface area contributed by atoms with Crippen molar-refractivity contribution in [2.75, 3.05) is 6.26 Å². The highest BCUT2D eigenvalue weighted by atomic mass is 32.2. The summed E-state index contributed by atoms with van der Waals surface area (Å²) in [5.41, 5.74) is 0.188. The van der Waals surface area contributed by atoms with E-state index in [9.17, 15) is 20.2 Å². The number of nitriles is 1. The van der Waals surface area contributed by atoms with E-state index in [0.29, 0.717) is 22.2 Å². The fourth-order valence-corrected chi connectivity index (χ4v) is 2.72. The molecule has 0 spiro atoms. The third-order valence-electron chi connectivity index (χ3n) is 3.59. The monoisotopic (exact) mass is 380 g/mol. The Hall–Kier alpha value is -3.64. The molecule has 9 heteroatoms. The highest BCUT2D eigenvalue weighted by molar-refractivity contribution is 7.98. The quantitative estimate of drug-likeness (QED) is 0.310. The Morgan fingerprint density at radius 2 is 1.96 bits per heavy atom. The Morgan fingerprint density at radius 3 is 2.59 bits per heavy atom. The zero-order chi connectivity index (χ0) is 19.4. The highest BCUT2D eigenvalue weighted by Crippen LogP contribution is 2.28. The van der Waals surface area contributed by atoms with Crippen LogP contribution in [0.25, 0.3) is 11.3 Å². The molecule has 0 aliphatic carbocycles. The van der Waals surface area contributed by atoms with Crippen molar-refractivity contribution in [1.29, 1.82) is 5.26 Å². The second-order valence-corrected chi connectivity index (χ2v) is 6.09. The van der Waals surface area contributed by atoms with Gasteiger partial charge >= 0.3 is 0 Å². The lowest BCUT2D eigenvalue weighted by molar-refractivity contribution is -0.384. The second-order valence-electron chi connectivity index (χ2n) is 5.29. The zero-order valence-electron chi connectivity index (χ0n) is 14.0. The van der Waals surface area contributed by atoms with Crippen LogP contribution in [0.4, 0.5) is 5.69 Å². The van der Waals surface area contributed by atoms with Gasteiger partial charge < -0.3 is 9.72 Å². The van der Waals surface area contributed by atoms with Crippen LogP contribution in [0, 0.1) is 21.4 Å². The molecule has 0 aliphatic heterocycles. The van der Waals surface area contributed by atoms with E-state index in [4.69, 9.17) is 4.74 Å². The van der Waals surface area contributed by atoms with Crippen molar-refractivity contribution in [3.63, 3.8) is 0 Å². The summed E-state index contributed by atoms with van der Waals surface area (Å²) in [5, 5.41) is 20.4. The van der Waals surface area contributed by atoms with E-state index in [1.807, 2.05) is 6.07 Å². The standard InChI is InChI=1S/C18H12N4O4S/c1-27-18-20-16(15(10-19)17(23)21-18)11-3-2-4-14(9-11)26-13-7-5-12(6-8-13)22(24)25/h2-9H,1H3,(H,20,21,23). The van der Waals surface area contributed by atoms with Gasteiger partial charge in [-0.3, -0.25) is 14.9 Å². The van der Waals surface area contributed by atoms with Gasteiger partial charge in [-0.25, -0.2) is 4.98 Å². The first-order chi connectivity index (χ1) is 13.0. The summed E-state index contributed by atoms with van der Waals surface area (Å²) in [5.74, 6) is 0.861. The zero-order valence-corrected chi connectivity index (χ0v) is 14.8. The van der Waals surface area contributed by atoms with Gasteiger partial charge in [-0.1, -0.05) is 23.9 Å². The normalized spacial score (nSPS) is 10.2. The number of aromatic nitrogens is 2. The topological polar surface area (TPSA) is 122 Å². The van der Waals surface area contributed by atoms with Gasteiger partial charge in [0.2, 0.25) is 0 Å². The SMILES string of the molecule is CSc1nc(-c2cccc(Oc3ccc([N+](=O)[O-])cc3)c2)c(C#N)c(=O)[nH]1. The summed E-state index contributed by atoms with van der Waals surface area (Å²) in [7, 11) is 0. The van der Waals surface area contributed by atoms with E-state index in [2.05, 4.69) is 9.97 Å². The molecule has 0 bridgehead atoms. The summed E-state index contributed by atoms with van der Waals surface area (Å²) >= 11 is 1.26. The second kappa shape index (κ2) is 7.72. The molecule has 1 aromatic heterocycles. The minimum absolute atomic E-state index is 0.0351. The lowest BCUT2D eigenvalue weighted by Gasteiger charge is -2.09. The highest BCUT2D eigenvalue weighted by Gasteiger charge is 2.14. The van der Waals surface area contributed by atoms with E-state index >= 15 is 0 Å². The van der Waals surface area contributed by atoms with E-state index in [1.165, 1.54) is 36.0 Å².